The zero-order valence-electron chi connectivity index (χ0n) is 30.5. The highest BCUT2D eigenvalue weighted by atomic mass is 32.2. The Morgan fingerprint density at radius 3 is 2.40 bits per heavy atom. The number of carbonyl (C=O) groups is 4. The zero-order chi connectivity index (χ0) is 37.6. The van der Waals surface area contributed by atoms with Gasteiger partial charge in [0.1, 0.15) is 17.8 Å². The van der Waals surface area contributed by atoms with Gasteiger partial charge in [0, 0.05) is 42.2 Å². The van der Waals surface area contributed by atoms with Crippen molar-refractivity contribution in [3.8, 4) is 5.75 Å². The molecule has 0 fully saturated rings. The van der Waals surface area contributed by atoms with Crippen LogP contribution in [0.25, 0.3) is 10.9 Å². The number of aromatic amines is 1. The molecule has 0 spiro atoms. The van der Waals surface area contributed by atoms with Gasteiger partial charge in [0.25, 0.3) is 11.5 Å². The van der Waals surface area contributed by atoms with Crippen LogP contribution in [-0.2, 0) is 32.1 Å². The molecule has 13 nitrogen and oxygen atoms in total. The molecule has 0 unspecified atom stereocenters. The Labute approximate surface area is 309 Å². The fourth-order valence-electron chi connectivity index (χ4n) is 6.03. The molecule has 0 radical (unpaired) electrons. The largest absolute Gasteiger partial charge is 0.484 e. The summed E-state index contributed by atoms with van der Waals surface area (Å²) in [7, 11) is 0. The first-order valence-corrected chi connectivity index (χ1v) is 19.1. The lowest BCUT2D eigenvalue weighted by Crippen LogP contribution is -2.57. The molecule has 1 aliphatic heterocycles. The lowest BCUT2D eigenvalue weighted by atomic mass is 10.0. The first kappa shape index (κ1) is 40.4. The maximum Gasteiger partial charge on any atom is 0.257 e. The molecule has 0 aliphatic carbocycles. The van der Waals surface area contributed by atoms with E-state index in [1.165, 1.54) is 6.92 Å². The number of aliphatic hydroxyl groups excluding tert-OH is 1. The number of aliphatic hydroxyl groups is 1. The molecule has 14 heteroatoms. The number of aromatic nitrogens is 1. The number of rotatable bonds is 6. The number of H-pyrrole nitrogens is 1. The standard InChI is InChI=1S/C38H52N6O7S/c1-24(2)17-32-37(49)43-35(25(3)45)38(50)40-13-5-6-15-44(22-28-20-27-11-12-30(52-4)21-31(27)42-36(28)48)16-8-14-39-34(47)23-51-29-10-7-9-26(18-29)19-33(46)41-32/h7,9-12,18,20-21,24-25,32,35,45H,5-6,8,13-17,19,22-23H2,1-4H3,(H,39,47)(H,40,50)(H,41,46)(H,42,48)(H,43,49)/t25-,32-,35+/m1/s1. The summed E-state index contributed by atoms with van der Waals surface area (Å²) >= 11 is 1.61. The zero-order valence-corrected chi connectivity index (χ0v) is 31.3. The Balaban J connectivity index is 1.50. The fraction of sp³-hybridized carbons (Fsp3) is 0.500. The van der Waals surface area contributed by atoms with Gasteiger partial charge in [-0.15, -0.1) is 11.8 Å². The third kappa shape index (κ3) is 12.7. The number of benzene rings is 2. The van der Waals surface area contributed by atoms with Crippen molar-refractivity contribution in [3.05, 3.63) is 70.0 Å². The summed E-state index contributed by atoms with van der Waals surface area (Å²) in [6, 6.07) is 12.6. The second kappa shape index (κ2) is 20.0. The number of nitrogens with zero attached hydrogens (tertiary/aromatic N) is 1. The highest BCUT2D eigenvalue weighted by Crippen LogP contribution is 2.21. The second-order valence-corrected chi connectivity index (χ2v) is 14.5. The quantitative estimate of drug-likeness (QED) is 0.207. The van der Waals surface area contributed by atoms with Crippen molar-refractivity contribution in [1.29, 1.82) is 0 Å². The van der Waals surface area contributed by atoms with Gasteiger partial charge >= 0.3 is 0 Å². The average Bonchev–Trinajstić information content (AvgIpc) is 3.10. The molecule has 0 saturated heterocycles. The van der Waals surface area contributed by atoms with E-state index in [1.54, 1.807) is 36.0 Å². The normalized spacial score (nSPS) is 20.2. The van der Waals surface area contributed by atoms with Crippen LogP contribution in [-0.4, -0.2) is 95.8 Å². The summed E-state index contributed by atoms with van der Waals surface area (Å²) in [5.41, 5.74) is 1.89. The summed E-state index contributed by atoms with van der Waals surface area (Å²) < 4.78 is 5.71. The van der Waals surface area contributed by atoms with Crippen LogP contribution in [0.15, 0.2) is 58.2 Å². The highest BCUT2D eigenvalue weighted by Gasteiger charge is 2.30. The number of hydrogen-bond donors (Lipinski definition) is 6. The Kier molecular flexibility index (Phi) is 15.5. The predicted molar refractivity (Wildman–Crippen MR) is 202 cm³/mol. The van der Waals surface area contributed by atoms with Crippen LogP contribution in [0.3, 0.4) is 0 Å². The third-order valence-corrected chi connectivity index (χ3v) is 9.48. The molecule has 4 rings (SSSR count). The van der Waals surface area contributed by atoms with E-state index in [4.69, 9.17) is 4.74 Å². The summed E-state index contributed by atoms with van der Waals surface area (Å²) in [6.45, 7) is 7.42. The predicted octanol–water partition coefficient (Wildman–Crippen LogP) is 2.49. The first-order chi connectivity index (χ1) is 24.9. The van der Waals surface area contributed by atoms with E-state index in [9.17, 15) is 29.1 Å². The third-order valence-electron chi connectivity index (χ3n) is 8.75. The molecule has 3 aromatic rings. The van der Waals surface area contributed by atoms with Crippen molar-refractivity contribution in [2.24, 2.45) is 5.92 Å². The number of fused-ring (bicyclic) bond motifs is 3. The average molecular weight is 737 g/mol. The van der Waals surface area contributed by atoms with Gasteiger partial charge in [-0.2, -0.15) is 0 Å². The number of amides is 4. The second-order valence-electron chi connectivity index (χ2n) is 13.6. The van der Waals surface area contributed by atoms with Crippen molar-refractivity contribution < 1.29 is 29.0 Å². The molecule has 282 valence electrons. The fourth-order valence-corrected chi connectivity index (χ4v) is 6.47. The minimum Gasteiger partial charge on any atom is -0.484 e. The topological polar surface area (TPSA) is 182 Å². The van der Waals surface area contributed by atoms with E-state index in [-0.39, 0.29) is 30.4 Å². The van der Waals surface area contributed by atoms with Gasteiger partial charge in [0.2, 0.25) is 17.7 Å². The van der Waals surface area contributed by atoms with Crippen molar-refractivity contribution in [1.82, 2.24) is 31.2 Å². The summed E-state index contributed by atoms with van der Waals surface area (Å²) in [6.07, 6.45) is 3.02. The van der Waals surface area contributed by atoms with Crippen LogP contribution in [0, 0.1) is 5.92 Å². The lowest BCUT2D eigenvalue weighted by Gasteiger charge is -2.26. The summed E-state index contributed by atoms with van der Waals surface area (Å²) in [5, 5.41) is 22.5. The molecule has 2 aromatic carbocycles. The van der Waals surface area contributed by atoms with Crippen LogP contribution in [0.4, 0.5) is 0 Å². The minimum atomic E-state index is -1.21. The maximum absolute atomic E-state index is 13.4. The van der Waals surface area contributed by atoms with Crippen molar-refractivity contribution in [2.75, 3.05) is 39.0 Å². The van der Waals surface area contributed by atoms with Gasteiger partial charge in [-0.3, -0.25) is 28.9 Å². The van der Waals surface area contributed by atoms with Gasteiger partial charge < -0.3 is 36.1 Å². The van der Waals surface area contributed by atoms with Crippen molar-refractivity contribution >= 4 is 46.3 Å². The van der Waals surface area contributed by atoms with Gasteiger partial charge in [-0.1, -0.05) is 32.0 Å². The summed E-state index contributed by atoms with van der Waals surface area (Å²) in [4.78, 5) is 71.5. The monoisotopic (exact) mass is 736 g/mol. The lowest BCUT2D eigenvalue weighted by molar-refractivity contribution is -0.134. The Morgan fingerprint density at radius 1 is 0.885 bits per heavy atom. The van der Waals surface area contributed by atoms with Gasteiger partial charge in [-0.05, 0) is 92.6 Å². The van der Waals surface area contributed by atoms with Gasteiger partial charge in [0.15, 0.2) is 6.61 Å². The summed E-state index contributed by atoms with van der Waals surface area (Å²) in [5.74, 6) is -1.29. The van der Waals surface area contributed by atoms with E-state index < -0.39 is 35.9 Å². The highest BCUT2D eigenvalue weighted by molar-refractivity contribution is 7.98. The van der Waals surface area contributed by atoms with Crippen LogP contribution in [0.5, 0.6) is 5.75 Å². The first-order valence-electron chi connectivity index (χ1n) is 17.9. The van der Waals surface area contributed by atoms with E-state index >= 15 is 0 Å². The number of ether oxygens (including phenoxy) is 1. The van der Waals surface area contributed by atoms with E-state index in [2.05, 4.69) is 31.2 Å². The van der Waals surface area contributed by atoms with Crippen LogP contribution in [0.2, 0.25) is 0 Å². The molecule has 52 heavy (non-hydrogen) atoms. The van der Waals surface area contributed by atoms with Gasteiger partial charge in [0.05, 0.1) is 12.5 Å². The number of pyridine rings is 1. The van der Waals surface area contributed by atoms with Crippen LogP contribution < -0.4 is 31.6 Å². The maximum atomic E-state index is 13.4. The SMILES string of the molecule is CSc1ccc2cc(CN3CCCCNC(=O)[C@H]([C@@H](C)O)NC(=O)[C@@H](CC(C)C)NC(=O)Cc4cccc(c4)OCC(=O)NCCC3)c(=O)[nH]c2c1. The number of hydrogen-bond acceptors (Lipinski definition) is 9. The van der Waals surface area contributed by atoms with E-state index in [0.717, 1.165) is 15.8 Å². The molecule has 2 heterocycles. The molecule has 0 saturated carbocycles. The molecule has 4 amide bonds. The van der Waals surface area contributed by atoms with E-state index in [1.807, 2.05) is 44.4 Å². The molecule has 1 aromatic heterocycles. The molecule has 3 atom stereocenters. The molecular weight excluding hydrogens is 685 g/mol. The van der Waals surface area contributed by atoms with E-state index in [0.29, 0.717) is 75.3 Å². The van der Waals surface area contributed by atoms with Crippen LogP contribution in [0.1, 0.15) is 57.6 Å². The molecular formula is C38H52N6O7S. The smallest absolute Gasteiger partial charge is 0.257 e. The minimum absolute atomic E-state index is 0.0356. The van der Waals surface area contributed by atoms with Crippen molar-refractivity contribution in [3.63, 3.8) is 0 Å². The number of carbonyl (C=O) groups excluding carboxylic acids is 4. The van der Waals surface area contributed by atoms with Gasteiger partial charge in [-0.25, -0.2) is 0 Å². The van der Waals surface area contributed by atoms with Crippen LogP contribution >= 0.6 is 11.8 Å². The number of nitrogens with one attached hydrogen (secondary N) is 5. The Bertz CT molecular complexity index is 1750. The Hall–Kier alpha value is -4.40. The molecule has 1 aliphatic rings. The Morgan fingerprint density at radius 2 is 1.65 bits per heavy atom. The van der Waals surface area contributed by atoms with Crippen molar-refractivity contribution in [2.45, 2.75) is 82.5 Å². The molecule has 2 bridgehead atoms. The number of thioether (sulfide) groups is 1. The molecule has 6 N–H and O–H groups in total.